The molecule has 3 aromatic carbocycles. The van der Waals surface area contributed by atoms with E-state index in [0.717, 1.165) is 54.7 Å². The Morgan fingerprint density at radius 1 is 0.700 bits per heavy atom. The molecule has 0 atom stereocenters. The van der Waals surface area contributed by atoms with Crippen LogP contribution in [0.15, 0.2) is 89.4 Å². The quantitative estimate of drug-likeness (QED) is 0.259. The number of hydrogen-bond acceptors (Lipinski definition) is 4. The second kappa shape index (κ2) is 7.94. The lowest BCUT2D eigenvalue weighted by Crippen LogP contribution is -1.97. The maximum Gasteiger partial charge on any atom is 0.160 e. The second-order valence-corrected chi connectivity index (χ2v) is 8.73. The lowest BCUT2D eigenvalue weighted by Gasteiger charge is -2.13. The van der Waals surface area contributed by atoms with Gasteiger partial charge in [-0.05, 0) is 34.1 Å². The van der Waals surface area contributed by atoms with Gasteiger partial charge in [0.2, 0.25) is 0 Å². The number of halogens is 1. The Morgan fingerprint density at radius 2 is 1.30 bits per heavy atom. The van der Waals surface area contributed by atoms with Crippen LogP contribution in [0.25, 0.3) is 44.0 Å². The average Bonchev–Trinajstić information content (AvgIpc) is 3.29. The zero-order valence-corrected chi connectivity index (χ0v) is 18.2. The van der Waals surface area contributed by atoms with Gasteiger partial charge in [0.25, 0.3) is 0 Å². The summed E-state index contributed by atoms with van der Waals surface area (Å²) in [5.41, 5.74) is 6.27. The summed E-state index contributed by atoms with van der Waals surface area (Å²) in [4.78, 5) is 23.1. The number of hydrogen-bond donors (Lipinski definition) is 0. The maximum atomic E-state index is 11.2. The van der Waals surface area contributed by atoms with Crippen LogP contribution >= 0.6 is 27.3 Å². The first-order valence-electron chi connectivity index (χ1n) is 9.41. The highest BCUT2D eigenvalue weighted by Crippen LogP contribution is 2.38. The van der Waals surface area contributed by atoms with Gasteiger partial charge in [0.05, 0.1) is 21.8 Å². The van der Waals surface area contributed by atoms with Gasteiger partial charge in [-0.1, -0.05) is 66.7 Å². The maximum absolute atomic E-state index is 11.2. The van der Waals surface area contributed by atoms with Crippen LogP contribution in [0.1, 0.15) is 9.67 Å². The topological polar surface area (TPSA) is 42.9 Å². The minimum absolute atomic E-state index is 0.693. The number of carbonyl (C=O) groups is 1. The van der Waals surface area contributed by atoms with Crippen molar-refractivity contribution >= 4 is 44.6 Å². The van der Waals surface area contributed by atoms with E-state index in [0.29, 0.717) is 4.88 Å². The van der Waals surface area contributed by atoms with E-state index in [2.05, 4.69) is 40.2 Å². The molecule has 2 heterocycles. The van der Waals surface area contributed by atoms with Crippen LogP contribution in [0.3, 0.4) is 0 Å². The largest absolute Gasteiger partial charge is 0.297 e. The van der Waals surface area contributed by atoms with Crippen LogP contribution in [0.4, 0.5) is 0 Å². The number of aldehydes is 1. The van der Waals surface area contributed by atoms with Crippen LogP contribution in [-0.2, 0) is 0 Å². The van der Waals surface area contributed by atoms with Crippen molar-refractivity contribution in [2.24, 2.45) is 0 Å². The molecule has 0 saturated carbocycles. The van der Waals surface area contributed by atoms with Crippen LogP contribution < -0.4 is 0 Å². The molecule has 0 aliphatic rings. The highest BCUT2D eigenvalue weighted by molar-refractivity contribution is 9.10. The monoisotopic (exact) mass is 470 g/mol. The molecule has 0 unspecified atom stereocenters. The molecule has 5 rings (SSSR count). The first-order valence-corrected chi connectivity index (χ1v) is 11.0. The summed E-state index contributed by atoms with van der Waals surface area (Å²) >= 11 is 5.11. The molecule has 0 N–H and O–H groups in total. The minimum atomic E-state index is 0.693. The normalized spacial score (nSPS) is 11.0. The number of aromatic nitrogens is 2. The molecule has 5 heteroatoms. The standard InChI is InChI=1S/C25H15BrN2OS/c26-20-13-12-19(21-14-11-18(15-29)30-21)24-25(20)28-23(17-9-5-2-6-10-17)22(27-24)16-7-3-1-4-8-16/h1-15H. The number of rotatable bonds is 4. The van der Waals surface area contributed by atoms with Gasteiger partial charge in [-0.15, -0.1) is 11.3 Å². The highest BCUT2D eigenvalue weighted by atomic mass is 79.9. The summed E-state index contributed by atoms with van der Waals surface area (Å²) in [7, 11) is 0. The van der Waals surface area contributed by atoms with E-state index in [1.54, 1.807) is 0 Å². The zero-order chi connectivity index (χ0) is 20.5. The fraction of sp³-hybridized carbons (Fsp3) is 0. The third-order valence-corrected chi connectivity index (χ3v) is 6.56. The van der Waals surface area contributed by atoms with Gasteiger partial charge in [0, 0.05) is 26.0 Å². The fourth-order valence-corrected chi connectivity index (χ4v) is 4.72. The Labute approximate surface area is 186 Å². The first-order chi connectivity index (χ1) is 14.7. The number of carbonyl (C=O) groups excluding carboxylic acids is 1. The average molecular weight is 471 g/mol. The molecule has 3 nitrogen and oxygen atoms in total. The molecule has 30 heavy (non-hydrogen) atoms. The molecule has 0 aliphatic carbocycles. The lowest BCUT2D eigenvalue weighted by atomic mass is 10.0. The second-order valence-electron chi connectivity index (χ2n) is 6.76. The SMILES string of the molecule is O=Cc1ccc(-c2ccc(Br)c3nc(-c4ccccc4)c(-c4ccccc4)nc23)s1. The van der Waals surface area contributed by atoms with E-state index >= 15 is 0 Å². The summed E-state index contributed by atoms with van der Waals surface area (Å²) in [6, 6.07) is 28.0. The summed E-state index contributed by atoms with van der Waals surface area (Å²) in [5.74, 6) is 0. The Kier molecular flexibility index (Phi) is 4.99. The summed E-state index contributed by atoms with van der Waals surface area (Å²) in [6.45, 7) is 0. The van der Waals surface area contributed by atoms with E-state index in [1.807, 2.05) is 60.7 Å². The molecule has 2 aromatic heterocycles. The van der Waals surface area contributed by atoms with Crippen LogP contribution in [0.5, 0.6) is 0 Å². The fourth-order valence-electron chi connectivity index (χ4n) is 3.46. The Hall–Kier alpha value is -3.15. The van der Waals surface area contributed by atoms with Crippen LogP contribution in [-0.4, -0.2) is 16.3 Å². The van der Waals surface area contributed by atoms with Gasteiger partial charge in [-0.3, -0.25) is 4.79 Å². The van der Waals surface area contributed by atoms with E-state index < -0.39 is 0 Å². The zero-order valence-electron chi connectivity index (χ0n) is 15.7. The highest BCUT2D eigenvalue weighted by Gasteiger charge is 2.18. The predicted molar refractivity (Wildman–Crippen MR) is 127 cm³/mol. The van der Waals surface area contributed by atoms with Crippen molar-refractivity contribution < 1.29 is 4.79 Å². The Morgan fingerprint density at radius 3 is 1.87 bits per heavy atom. The molecular formula is C25H15BrN2OS. The van der Waals surface area contributed by atoms with Crippen molar-refractivity contribution in [3.05, 3.63) is 94.3 Å². The molecule has 0 radical (unpaired) electrons. The van der Waals surface area contributed by atoms with Gasteiger partial charge in [-0.2, -0.15) is 0 Å². The van der Waals surface area contributed by atoms with Gasteiger partial charge < -0.3 is 0 Å². The van der Waals surface area contributed by atoms with Crippen molar-refractivity contribution in [2.75, 3.05) is 0 Å². The number of benzene rings is 3. The Balaban J connectivity index is 1.85. The van der Waals surface area contributed by atoms with Gasteiger partial charge in [0.1, 0.15) is 5.52 Å². The van der Waals surface area contributed by atoms with E-state index in [4.69, 9.17) is 9.97 Å². The van der Waals surface area contributed by atoms with Gasteiger partial charge in [-0.25, -0.2) is 9.97 Å². The van der Waals surface area contributed by atoms with E-state index in [1.165, 1.54) is 11.3 Å². The van der Waals surface area contributed by atoms with Crippen LogP contribution in [0, 0.1) is 0 Å². The van der Waals surface area contributed by atoms with Crippen molar-refractivity contribution in [1.82, 2.24) is 9.97 Å². The van der Waals surface area contributed by atoms with Gasteiger partial charge in [0.15, 0.2) is 6.29 Å². The van der Waals surface area contributed by atoms with E-state index in [-0.39, 0.29) is 0 Å². The number of thiophene rings is 1. The lowest BCUT2D eigenvalue weighted by molar-refractivity contribution is 0.112. The molecule has 0 spiro atoms. The number of fused-ring (bicyclic) bond motifs is 1. The Bertz CT molecular complexity index is 1360. The van der Waals surface area contributed by atoms with Crippen molar-refractivity contribution in [1.29, 1.82) is 0 Å². The van der Waals surface area contributed by atoms with Crippen molar-refractivity contribution in [3.63, 3.8) is 0 Å². The molecule has 0 fully saturated rings. The molecular weight excluding hydrogens is 456 g/mol. The van der Waals surface area contributed by atoms with Gasteiger partial charge >= 0.3 is 0 Å². The molecule has 0 aliphatic heterocycles. The summed E-state index contributed by atoms with van der Waals surface area (Å²) < 4.78 is 0.887. The third kappa shape index (κ3) is 3.36. The molecule has 0 amide bonds. The third-order valence-electron chi connectivity index (χ3n) is 4.88. The van der Waals surface area contributed by atoms with Crippen molar-refractivity contribution in [2.45, 2.75) is 0 Å². The minimum Gasteiger partial charge on any atom is -0.297 e. The molecule has 5 aromatic rings. The predicted octanol–water partition coefficient (Wildman–Crippen LogP) is 7.27. The van der Waals surface area contributed by atoms with Crippen LogP contribution in [0.2, 0.25) is 0 Å². The summed E-state index contributed by atoms with van der Waals surface area (Å²) in [5, 5.41) is 0. The molecule has 144 valence electrons. The van der Waals surface area contributed by atoms with Crippen molar-refractivity contribution in [3.8, 4) is 33.0 Å². The molecule has 0 saturated heterocycles. The summed E-state index contributed by atoms with van der Waals surface area (Å²) in [6.07, 6.45) is 0.879. The molecule has 0 bridgehead atoms. The smallest absolute Gasteiger partial charge is 0.160 e. The first kappa shape index (κ1) is 18.9. The number of nitrogens with zero attached hydrogens (tertiary/aromatic N) is 2. The van der Waals surface area contributed by atoms with E-state index in [9.17, 15) is 4.79 Å².